The van der Waals surface area contributed by atoms with Gasteiger partial charge in [-0.3, -0.25) is 19.5 Å². The van der Waals surface area contributed by atoms with E-state index < -0.39 is 5.92 Å². The summed E-state index contributed by atoms with van der Waals surface area (Å²) >= 11 is 0. The van der Waals surface area contributed by atoms with Crippen molar-refractivity contribution in [2.24, 2.45) is 11.6 Å². The van der Waals surface area contributed by atoms with Gasteiger partial charge in [0.2, 0.25) is 0 Å². The molecule has 0 radical (unpaired) electrons. The summed E-state index contributed by atoms with van der Waals surface area (Å²) in [7, 11) is 1.71. The van der Waals surface area contributed by atoms with Crippen LogP contribution in [0.5, 0.6) is 0 Å². The molecule has 1 fully saturated rings. The Hall–Kier alpha value is -3.31. The van der Waals surface area contributed by atoms with E-state index in [1.54, 1.807) is 22.6 Å². The first-order valence-corrected chi connectivity index (χ1v) is 12.3. The highest BCUT2D eigenvalue weighted by molar-refractivity contribution is 5.62. The summed E-state index contributed by atoms with van der Waals surface area (Å²) in [4.78, 5) is 26.8. The Kier molecular flexibility index (Phi) is 13.5. The summed E-state index contributed by atoms with van der Waals surface area (Å²) < 4.78 is 26.8. The average molecular weight is 523 g/mol. The number of carbonyl (C=O) groups is 1. The van der Waals surface area contributed by atoms with Crippen molar-refractivity contribution in [3.63, 3.8) is 0 Å². The third-order valence-corrected chi connectivity index (χ3v) is 5.72. The lowest BCUT2D eigenvalue weighted by Gasteiger charge is -2.31. The van der Waals surface area contributed by atoms with E-state index >= 15 is 0 Å². The Bertz CT molecular complexity index is 1070. The summed E-state index contributed by atoms with van der Waals surface area (Å²) in [5.41, 5.74) is 9.95. The van der Waals surface area contributed by atoms with E-state index in [1.165, 1.54) is 5.01 Å². The minimum Gasteiger partial charge on any atom is -0.483 e. The van der Waals surface area contributed by atoms with Gasteiger partial charge in [0.05, 0.1) is 30.2 Å². The fraction of sp³-hybridized carbons (Fsp3) is 0.500. The molecule has 11 heteroatoms. The van der Waals surface area contributed by atoms with Gasteiger partial charge in [-0.1, -0.05) is 32.4 Å². The monoisotopic (exact) mass is 522 g/mol. The van der Waals surface area contributed by atoms with Crippen LogP contribution in [0.25, 0.3) is 5.70 Å². The van der Waals surface area contributed by atoms with E-state index in [9.17, 15) is 13.6 Å². The molecule has 0 amide bonds. The minimum atomic E-state index is -2.42. The molecule has 9 nitrogen and oxygen atoms in total. The van der Waals surface area contributed by atoms with Crippen molar-refractivity contribution < 1.29 is 18.7 Å². The van der Waals surface area contributed by atoms with Gasteiger partial charge in [0.15, 0.2) is 0 Å². The molecule has 0 aromatic carbocycles. The molecule has 0 aliphatic carbocycles. The van der Waals surface area contributed by atoms with Crippen LogP contribution < -0.4 is 17.1 Å². The van der Waals surface area contributed by atoms with E-state index in [2.05, 4.69) is 11.9 Å². The molecule has 1 aliphatic heterocycles. The molecule has 0 spiro atoms. The molecule has 5 N–H and O–H groups in total. The van der Waals surface area contributed by atoms with Crippen LogP contribution in [0.2, 0.25) is 0 Å². The number of nitrogens with two attached hydrogens (primary N) is 2. The van der Waals surface area contributed by atoms with Crippen molar-refractivity contribution in [1.82, 2.24) is 19.5 Å². The number of alkyl halides is 2. The van der Waals surface area contributed by atoms with Crippen LogP contribution in [0.1, 0.15) is 50.1 Å². The van der Waals surface area contributed by atoms with Crippen molar-refractivity contribution >= 4 is 12.2 Å². The molecule has 2 aromatic rings. The Morgan fingerprint density at radius 1 is 1.27 bits per heavy atom. The zero-order valence-corrected chi connectivity index (χ0v) is 22.2. The number of aryl methyl sites for hydroxylation is 2. The highest BCUT2D eigenvalue weighted by Crippen LogP contribution is 2.25. The number of hydrogen-bond acceptors (Lipinski definition) is 7. The Morgan fingerprint density at radius 3 is 2.46 bits per heavy atom. The van der Waals surface area contributed by atoms with E-state index in [4.69, 9.17) is 21.5 Å². The number of likely N-dealkylation sites (N-methyl/N-ethyl adjacent to an activating group) is 1. The molecule has 0 bridgehead atoms. The number of nitrogens with zero attached hydrogens (tertiary/aromatic N) is 4. The quantitative estimate of drug-likeness (QED) is 0.287. The summed E-state index contributed by atoms with van der Waals surface area (Å²) in [6.45, 7) is 7.52. The zero-order chi connectivity index (χ0) is 28.0. The lowest BCUT2D eigenvalue weighted by molar-refractivity contribution is -0.122. The Labute approximate surface area is 217 Å². The van der Waals surface area contributed by atoms with Crippen LogP contribution in [0.4, 0.5) is 8.78 Å². The number of likely N-dealkylation sites (tertiary alicyclic amines) is 1. The third-order valence-electron chi connectivity index (χ3n) is 5.72. The molecule has 37 heavy (non-hydrogen) atoms. The lowest BCUT2D eigenvalue weighted by atomic mass is 10.1. The first-order chi connectivity index (χ1) is 17.5. The second kappa shape index (κ2) is 15.7. The number of pyridine rings is 2. The first kappa shape index (κ1) is 31.7. The van der Waals surface area contributed by atoms with Gasteiger partial charge < -0.3 is 20.4 Å². The Morgan fingerprint density at radius 2 is 1.95 bits per heavy atom. The number of allylic oxidation sites excluding steroid dienone is 1. The fourth-order valence-corrected chi connectivity index (χ4v) is 3.85. The van der Waals surface area contributed by atoms with Crippen molar-refractivity contribution in [2.45, 2.75) is 58.9 Å². The number of hydrazine groups is 1. The normalized spacial score (nSPS) is 15.3. The SMILES string of the molecule is CCCc1ccc(=O)n(C/C(=C(/N)c2cccc(C)n2)N(C)N)c1.CCN1CCCC(F)(F)C1.O=CO. The highest BCUT2D eigenvalue weighted by atomic mass is 19.3. The van der Waals surface area contributed by atoms with E-state index in [1.807, 2.05) is 44.3 Å². The van der Waals surface area contributed by atoms with Crippen LogP contribution in [0.15, 0.2) is 47.0 Å². The van der Waals surface area contributed by atoms with Gasteiger partial charge in [-0.2, -0.15) is 0 Å². The van der Waals surface area contributed by atoms with Gasteiger partial charge in [-0.25, -0.2) is 14.6 Å². The van der Waals surface area contributed by atoms with Gasteiger partial charge in [-0.05, 0) is 50.6 Å². The van der Waals surface area contributed by atoms with E-state index in [0.29, 0.717) is 30.1 Å². The van der Waals surface area contributed by atoms with Crippen LogP contribution in [0, 0.1) is 6.92 Å². The van der Waals surface area contributed by atoms with Crippen LogP contribution in [-0.4, -0.2) is 63.6 Å². The average Bonchev–Trinajstić information content (AvgIpc) is 2.84. The number of halogens is 2. The molecular weight excluding hydrogens is 482 g/mol. The maximum atomic E-state index is 12.6. The molecule has 2 aromatic heterocycles. The summed E-state index contributed by atoms with van der Waals surface area (Å²) in [5.74, 6) is 3.54. The summed E-state index contributed by atoms with van der Waals surface area (Å²) in [6, 6.07) is 9.08. The maximum Gasteiger partial charge on any atom is 0.290 e. The van der Waals surface area contributed by atoms with Crippen LogP contribution >= 0.6 is 0 Å². The second-order valence-corrected chi connectivity index (χ2v) is 8.82. The molecule has 206 valence electrons. The van der Waals surface area contributed by atoms with Gasteiger partial charge in [0.25, 0.3) is 18.0 Å². The fourth-order valence-electron chi connectivity index (χ4n) is 3.85. The highest BCUT2D eigenvalue weighted by Gasteiger charge is 2.34. The molecular formula is C26H40F2N6O3. The third kappa shape index (κ3) is 11.1. The predicted octanol–water partition coefficient (Wildman–Crippen LogP) is 3.08. The largest absolute Gasteiger partial charge is 0.483 e. The van der Waals surface area contributed by atoms with E-state index in [-0.39, 0.29) is 25.0 Å². The zero-order valence-electron chi connectivity index (χ0n) is 22.2. The molecule has 0 saturated carbocycles. The summed E-state index contributed by atoms with van der Waals surface area (Å²) in [6.07, 6.45) is 4.52. The molecule has 3 heterocycles. The van der Waals surface area contributed by atoms with Crippen molar-refractivity contribution in [3.8, 4) is 0 Å². The number of hydrogen-bond donors (Lipinski definition) is 3. The Balaban J connectivity index is 0.000000435. The first-order valence-electron chi connectivity index (χ1n) is 12.3. The van der Waals surface area contributed by atoms with Crippen LogP contribution in [-0.2, 0) is 17.8 Å². The van der Waals surface area contributed by atoms with Crippen molar-refractivity contribution in [1.29, 1.82) is 0 Å². The number of aromatic nitrogens is 2. The summed E-state index contributed by atoms with van der Waals surface area (Å²) in [5, 5.41) is 8.33. The minimum absolute atomic E-state index is 0.0382. The van der Waals surface area contributed by atoms with Crippen LogP contribution in [0.3, 0.4) is 0 Å². The van der Waals surface area contributed by atoms with E-state index in [0.717, 1.165) is 37.2 Å². The topological polar surface area (TPSA) is 131 Å². The van der Waals surface area contributed by atoms with Crippen molar-refractivity contribution in [3.05, 3.63) is 69.5 Å². The number of carboxylic acid groups (broad SMARTS) is 1. The number of rotatable bonds is 7. The smallest absolute Gasteiger partial charge is 0.290 e. The van der Waals surface area contributed by atoms with Crippen molar-refractivity contribution in [2.75, 3.05) is 26.7 Å². The number of piperidine rings is 1. The van der Waals surface area contributed by atoms with Gasteiger partial charge in [0.1, 0.15) is 0 Å². The molecule has 0 atom stereocenters. The van der Waals surface area contributed by atoms with Gasteiger partial charge in [-0.15, -0.1) is 0 Å². The standard InChI is InChI=1S/C18H25N5O.C7H13F2N.CH2O2/c1-4-6-14-9-10-17(24)23(11-14)12-16(22(3)20)18(19)15-8-5-7-13(2)21-15;1-2-10-5-3-4-7(8,9)6-10;2-1-3/h5,7-11H,4,6,12,19-20H2,1-3H3;2-6H2,1H3;1H,(H,2,3)/b18-16-;;. The van der Waals surface area contributed by atoms with Gasteiger partial charge in [0, 0.05) is 31.4 Å². The van der Waals surface area contributed by atoms with Gasteiger partial charge >= 0.3 is 0 Å². The second-order valence-electron chi connectivity index (χ2n) is 8.82. The maximum absolute atomic E-state index is 12.6. The molecule has 1 saturated heterocycles. The molecule has 0 unspecified atom stereocenters. The molecule has 3 rings (SSSR count). The lowest BCUT2D eigenvalue weighted by Crippen LogP contribution is -2.42. The predicted molar refractivity (Wildman–Crippen MR) is 142 cm³/mol. The molecule has 1 aliphatic rings.